The molecule has 6 nitrogen and oxygen atoms in total. The Morgan fingerprint density at radius 3 is 2.58 bits per heavy atom. The molecule has 2 N–H and O–H groups in total. The number of carboxylic acids is 1. The van der Waals surface area contributed by atoms with Crippen LogP contribution in [0.2, 0.25) is 0 Å². The van der Waals surface area contributed by atoms with E-state index in [1.165, 1.54) is 5.56 Å². The van der Waals surface area contributed by atoms with Crippen LogP contribution < -0.4 is 5.32 Å². The topological polar surface area (TPSA) is 78.4 Å². The third-order valence-corrected chi connectivity index (χ3v) is 4.66. The van der Waals surface area contributed by atoms with Gasteiger partial charge < -0.3 is 10.4 Å². The minimum atomic E-state index is -0.878. The quantitative estimate of drug-likeness (QED) is 0.828. The lowest BCUT2D eigenvalue weighted by Gasteiger charge is -2.33. The summed E-state index contributed by atoms with van der Waals surface area (Å²) in [6, 6.07) is 7.62. The molecule has 1 aliphatic rings. The van der Waals surface area contributed by atoms with Crippen LogP contribution in [0.4, 0.5) is 5.95 Å². The van der Waals surface area contributed by atoms with Crippen molar-refractivity contribution in [2.24, 2.45) is 0 Å². The minimum absolute atomic E-state index is 0.316. The maximum atomic E-state index is 11.0. The van der Waals surface area contributed by atoms with Crippen molar-refractivity contribution >= 4 is 11.9 Å². The number of carbonyl (C=O) groups is 1. The lowest BCUT2D eigenvalue weighted by Crippen LogP contribution is -2.34. The third kappa shape index (κ3) is 4.79. The first-order valence-electron chi connectivity index (χ1n) is 9.14. The summed E-state index contributed by atoms with van der Waals surface area (Å²) in [4.78, 5) is 22.2. The van der Waals surface area contributed by atoms with E-state index in [-0.39, 0.29) is 0 Å². The number of nitrogens with one attached hydrogen (secondary N) is 1. The molecule has 1 atom stereocenters. The lowest BCUT2D eigenvalue weighted by molar-refractivity contribution is 0.0697. The highest BCUT2D eigenvalue weighted by Crippen LogP contribution is 2.28. The molecule has 1 aromatic heterocycles. The maximum Gasteiger partial charge on any atom is 0.335 e. The van der Waals surface area contributed by atoms with Gasteiger partial charge in [0.2, 0.25) is 5.95 Å². The molecule has 0 aliphatic carbocycles. The van der Waals surface area contributed by atoms with Crippen molar-refractivity contribution in [2.75, 3.05) is 18.4 Å². The fourth-order valence-electron chi connectivity index (χ4n) is 3.40. The number of rotatable bonds is 6. The van der Waals surface area contributed by atoms with Gasteiger partial charge in [0, 0.05) is 37.1 Å². The van der Waals surface area contributed by atoms with Crippen LogP contribution in [0, 0.1) is 0 Å². The van der Waals surface area contributed by atoms with Gasteiger partial charge in [-0.15, -0.1) is 0 Å². The van der Waals surface area contributed by atoms with Gasteiger partial charge in [0.25, 0.3) is 0 Å². The minimum Gasteiger partial charge on any atom is -0.478 e. The Kier molecular flexibility index (Phi) is 5.83. The summed E-state index contributed by atoms with van der Waals surface area (Å²) < 4.78 is 0. The normalized spacial score (nSPS) is 18.0. The molecule has 2 aromatic rings. The van der Waals surface area contributed by atoms with Crippen LogP contribution in [0.15, 0.2) is 36.7 Å². The largest absolute Gasteiger partial charge is 0.478 e. The Morgan fingerprint density at radius 2 is 1.96 bits per heavy atom. The van der Waals surface area contributed by atoms with Crippen molar-refractivity contribution in [3.63, 3.8) is 0 Å². The first-order chi connectivity index (χ1) is 12.5. The fourth-order valence-corrected chi connectivity index (χ4v) is 3.40. The summed E-state index contributed by atoms with van der Waals surface area (Å²) in [5, 5.41) is 12.2. The molecule has 1 aromatic carbocycles. The standard InChI is InChI=1S/C20H26N4O2/c1-14(2)23-20-21-10-15(11-22-20)12-24-9-3-4-18(13-24)16-5-7-17(8-6-16)19(25)26/h5-8,10-11,14,18H,3-4,9,12-13H2,1-2H3,(H,25,26)(H,21,22,23)/t18-/m0/s1. The van der Waals surface area contributed by atoms with Gasteiger partial charge >= 0.3 is 5.97 Å². The van der Waals surface area contributed by atoms with Gasteiger partial charge in [0.05, 0.1) is 5.56 Å². The zero-order valence-electron chi connectivity index (χ0n) is 15.4. The number of likely N-dealkylation sites (tertiary alicyclic amines) is 1. The van der Waals surface area contributed by atoms with Gasteiger partial charge in [0.1, 0.15) is 0 Å². The molecule has 0 radical (unpaired) electrons. The molecular formula is C20H26N4O2. The summed E-state index contributed by atoms with van der Waals surface area (Å²) in [7, 11) is 0. The van der Waals surface area contributed by atoms with E-state index in [1.807, 2.05) is 24.5 Å². The summed E-state index contributed by atoms with van der Waals surface area (Å²) in [6.07, 6.45) is 6.06. The first-order valence-corrected chi connectivity index (χ1v) is 9.14. The van der Waals surface area contributed by atoms with Gasteiger partial charge in [0.15, 0.2) is 0 Å². The fraction of sp³-hybridized carbons (Fsp3) is 0.450. The number of hydrogen-bond donors (Lipinski definition) is 2. The molecule has 0 spiro atoms. The van der Waals surface area contributed by atoms with Crippen molar-refractivity contribution in [2.45, 2.75) is 45.2 Å². The van der Waals surface area contributed by atoms with Gasteiger partial charge in [-0.3, -0.25) is 4.90 Å². The van der Waals surface area contributed by atoms with Gasteiger partial charge in [-0.2, -0.15) is 0 Å². The van der Waals surface area contributed by atoms with Crippen LogP contribution in [-0.2, 0) is 6.54 Å². The van der Waals surface area contributed by atoms with E-state index in [1.54, 1.807) is 12.1 Å². The second kappa shape index (κ2) is 8.27. The Bertz CT molecular complexity index is 728. The van der Waals surface area contributed by atoms with Crippen molar-refractivity contribution in [1.82, 2.24) is 14.9 Å². The molecule has 6 heteroatoms. The van der Waals surface area contributed by atoms with Crippen molar-refractivity contribution in [3.8, 4) is 0 Å². The molecule has 0 unspecified atom stereocenters. The number of carboxylic acid groups (broad SMARTS) is 1. The van der Waals surface area contributed by atoms with Crippen LogP contribution in [0.25, 0.3) is 0 Å². The number of piperidine rings is 1. The predicted molar refractivity (Wildman–Crippen MR) is 101 cm³/mol. The molecule has 26 heavy (non-hydrogen) atoms. The molecule has 0 bridgehead atoms. The van der Waals surface area contributed by atoms with E-state index < -0.39 is 5.97 Å². The van der Waals surface area contributed by atoms with Crippen molar-refractivity contribution in [1.29, 1.82) is 0 Å². The zero-order chi connectivity index (χ0) is 18.5. The molecule has 1 fully saturated rings. The van der Waals surface area contributed by atoms with Crippen LogP contribution in [0.1, 0.15) is 54.1 Å². The smallest absolute Gasteiger partial charge is 0.335 e. The Hall–Kier alpha value is -2.47. The summed E-state index contributed by atoms with van der Waals surface area (Å²) in [5.41, 5.74) is 2.67. The van der Waals surface area contributed by atoms with Crippen LogP contribution in [0.5, 0.6) is 0 Å². The molecule has 0 amide bonds. The molecule has 0 saturated carbocycles. The molecule has 1 aliphatic heterocycles. The summed E-state index contributed by atoms with van der Waals surface area (Å²) in [6.45, 7) is 7.00. The molecule has 138 valence electrons. The third-order valence-electron chi connectivity index (χ3n) is 4.66. The molecule has 3 rings (SSSR count). The van der Waals surface area contributed by atoms with E-state index >= 15 is 0 Å². The SMILES string of the molecule is CC(C)Nc1ncc(CN2CCC[C@H](c3ccc(C(=O)O)cc3)C2)cn1. The number of benzene rings is 1. The zero-order valence-corrected chi connectivity index (χ0v) is 15.4. The van der Waals surface area contributed by atoms with E-state index in [2.05, 4.69) is 34.0 Å². The van der Waals surface area contributed by atoms with Crippen molar-refractivity contribution in [3.05, 3.63) is 53.3 Å². The molecule has 1 saturated heterocycles. The number of aromatic carboxylic acids is 1. The van der Waals surface area contributed by atoms with Gasteiger partial charge in [-0.1, -0.05) is 12.1 Å². The maximum absolute atomic E-state index is 11.0. The number of aromatic nitrogens is 2. The Balaban J connectivity index is 1.60. The highest BCUT2D eigenvalue weighted by molar-refractivity contribution is 5.87. The Labute approximate surface area is 154 Å². The average molecular weight is 354 g/mol. The second-order valence-corrected chi connectivity index (χ2v) is 7.22. The first kappa shape index (κ1) is 18.3. The van der Waals surface area contributed by atoms with Gasteiger partial charge in [-0.25, -0.2) is 14.8 Å². The molecule has 2 heterocycles. The van der Waals surface area contributed by atoms with Crippen LogP contribution in [-0.4, -0.2) is 45.1 Å². The van der Waals surface area contributed by atoms with E-state index in [0.717, 1.165) is 38.0 Å². The summed E-state index contributed by atoms with van der Waals surface area (Å²) >= 11 is 0. The van der Waals surface area contributed by atoms with Gasteiger partial charge in [-0.05, 0) is 56.8 Å². The number of nitrogens with zero attached hydrogens (tertiary/aromatic N) is 3. The van der Waals surface area contributed by atoms with Crippen LogP contribution in [0.3, 0.4) is 0 Å². The second-order valence-electron chi connectivity index (χ2n) is 7.22. The van der Waals surface area contributed by atoms with Crippen LogP contribution >= 0.6 is 0 Å². The van der Waals surface area contributed by atoms with E-state index in [4.69, 9.17) is 5.11 Å². The number of hydrogen-bond acceptors (Lipinski definition) is 5. The monoisotopic (exact) mass is 354 g/mol. The highest BCUT2D eigenvalue weighted by atomic mass is 16.4. The highest BCUT2D eigenvalue weighted by Gasteiger charge is 2.21. The summed E-state index contributed by atoms with van der Waals surface area (Å²) in [5.74, 6) is 0.227. The van der Waals surface area contributed by atoms with E-state index in [0.29, 0.717) is 23.5 Å². The predicted octanol–water partition coefficient (Wildman–Crippen LogP) is 3.37. The Morgan fingerprint density at radius 1 is 1.27 bits per heavy atom. The lowest BCUT2D eigenvalue weighted by atomic mass is 9.90. The van der Waals surface area contributed by atoms with Crippen molar-refractivity contribution < 1.29 is 9.90 Å². The average Bonchev–Trinajstić information content (AvgIpc) is 2.63. The molecular weight excluding hydrogens is 328 g/mol. The van der Waals surface area contributed by atoms with E-state index in [9.17, 15) is 4.79 Å². The number of anilines is 1.